The molecule has 0 aliphatic rings. The van der Waals surface area contributed by atoms with Gasteiger partial charge in [0.15, 0.2) is 0 Å². The first-order valence-electron chi connectivity index (χ1n) is 6.91. The first kappa shape index (κ1) is 13.6. The van der Waals surface area contributed by atoms with Crippen LogP contribution in [0.25, 0.3) is 6.08 Å². The molecule has 0 saturated carbocycles. The molecule has 2 aromatic carbocycles. The molecule has 19 heavy (non-hydrogen) atoms. The van der Waals surface area contributed by atoms with E-state index in [1.807, 2.05) is 6.07 Å². The van der Waals surface area contributed by atoms with Gasteiger partial charge in [-0.3, -0.25) is 0 Å². The Morgan fingerprint density at radius 2 is 1.53 bits per heavy atom. The lowest BCUT2D eigenvalue weighted by molar-refractivity contribution is 0.693. The predicted molar refractivity (Wildman–Crippen MR) is 83.1 cm³/mol. The molecule has 0 heterocycles. The van der Waals surface area contributed by atoms with Crippen LogP contribution >= 0.6 is 0 Å². The van der Waals surface area contributed by atoms with E-state index in [0.717, 1.165) is 19.5 Å². The minimum Gasteiger partial charge on any atom is -0.313 e. The average molecular weight is 251 g/mol. The zero-order valence-corrected chi connectivity index (χ0v) is 11.3. The number of hydrogen-bond acceptors (Lipinski definition) is 1. The van der Waals surface area contributed by atoms with Gasteiger partial charge in [0.1, 0.15) is 0 Å². The molecular weight excluding hydrogens is 230 g/mol. The Bertz CT molecular complexity index is 474. The second kappa shape index (κ2) is 8.28. The van der Waals surface area contributed by atoms with E-state index in [1.54, 1.807) is 0 Å². The first-order chi connectivity index (χ1) is 9.45. The monoisotopic (exact) mass is 251 g/mol. The lowest BCUT2D eigenvalue weighted by Crippen LogP contribution is -2.15. The van der Waals surface area contributed by atoms with Crippen molar-refractivity contribution in [1.29, 1.82) is 0 Å². The van der Waals surface area contributed by atoms with Gasteiger partial charge in [0.25, 0.3) is 0 Å². The molecule has 0 fully saturated rings. The summed E-state index contributed by atoms with van der Waals surface area (Å²) in [6, 6.07) is 21.0. The van der Waals surface area contributed by atoms with Crippen molar-refractivity contribution in [2.45, 2.75) is 12.8 Å². The van der Waals surface area contributed by atoms with Crippen molar-refractivity contribution in [2.24, 2.45) is 0 Å². The normalized spacial score (nSPS) is 10.9. The molecule has 1 heteroatoms. The molecular formula is C18H21N. The Morgan fingerprint density at radius 3 is 2.26 bits per heavy atom. The van der Waals surface area contributed by atoms with E-state index in [-0.39, 0.29) is 0 Å². The highest BCUT2D eigenvalue weighted by Crippen LogP contribution is 2.02. The van der Waals surface area contributed by atoms with Crippen molar-refractivity contribution >= 4 is 6.08 Å². The fourth-order valence-electron chi connectivity index (χ4n) is 2.01. The average Bonchev–Trinajstić information content (AvgIpc) is 2.48. The molecule has 2 aromatic rings. The van der Waals surface area contributed by atoms with Crippen molar-refractivity contribution in [3.8, 4) is 0 Å². The van der Waals surface area contributed by atoms with E-state index in [9.17, 15) is 0 Å². The van der Waals surface area contributed by atoms with Gasteiger partial charge in [0.05, 0.1) is 0 Å². The van der Waals surface area contributed by atoms with E-state index in [4.69, 9.17) is 0 Å². The summed E-state index contributed by atoms with van der Waals surface area (Å²) in [4.78, 5) is 0. The molecule has 0 spiro atoms. The van der Waals surface area contributed by atoms with Gasteiger partial charge in [-0.25, -0.2) is 0 Å². The third-order valence-electron chi connectivity index (χ3n) is 3.03. The Morgan fingerprint density at radius 1 is 0.842 bits per heavy atom. The number of hydrogen-bond donors (Lipinski definition) is 1. The highest BCUT2D eigenvalue weighted by Gasteiger charge is 1.91. The maximum Gasteiger partial charge on any atom is 0.0138 e. The summed E-state index contributed by atoms with van der Waals surface area (Å²) in [7, 11) is 0. The molecule has 1 nitrogen and oxygen atoms in total. The van der Waals surface area contributed by atoms with Crippen LogP contribution in [0.1, 0.15) is 17.5 Å². The van der Waals surface area contributed by atoms with Gasteiger partial charge >= 0.3 is 0 Å². The van der Waals surface area contributed by atoms with E-state index < -0.39 is 0 Å². The van der Waals surface area contributed by atoms with Crippen molar-refractivity contribution in [2.75, 3.05) is 13.1 Å². The second-order valence-corrected chi connectivity index (χ2v) is 4.61. The maximum atomic E-state index is 3.44. The zero-order valence-electron chi connectivity index (χ0n) is 11.3. The highest BCUT2D eigenvalue weighted by molar-refractivity contribution is 5.48. The summed E-state index contributed by atoms with van der Waals surface area (Å²) in [5.41, 5.74) is 2.68. The molecule has 0 atom stereocenters. The lowest BCUT2D eigenvalue weighted by atomic mass is 10.1. The first-order valence-corrected chi connectivity index (χ1v) is 6.91. The SMILES string of the molecule is C(=Cc1ccccc1)CNCCCc1ccccc1. The van der Waals surface area contributed by atoms with E-state index >= 15 is 0 Å². The van der Waals surface area contributed by atoms with E-state index in [1.165, 1.54) is 17.5 Å². The molecule has 0 amide bonds. The van der Waals surface area contributed by atoms with Crippen LogP contribution in [0, 0.1) is 0 Å². The second-order valence-electron chi connectivity index (χ2n) is 4.61. The molecule has 2 rings (SSSR count). The summed E-state index contributed by atoms with van der Waals surface area (Å²) < 4.78 is 0. The lowest BCUT2D eigenvalue weighted by Gasteiger charge is -2.02. The summed E-state index contributed by atoms with van der Waals surface area (Å²) in [6.07, 6.45) is 6.67. The molecule has 0 aliphatic heterocycles. The predicted octanol–water partition coefficient (Wildman–Crippen LogP) is 3.92. The largest absolute Gasteiger partial charge is 0.313 e. The number of benzene rings is 2. The van der Waals surface area contributed by atoms with Crippen LogP contribution in [-0.4, -0.2) is 13.1 Å². The Kier molecular flexibility index (Phi) is 5.91. The van der Waals surface area contributed by atoms with Crippen LogP contribution in [-0.2, 0) is 6.42 Å². The summed E-state index contributed by atoms with van der Waals surface area (Å²) in [5.74, 6) is 0. The summed E-state index contributed by atoms with van der Waals surface area (Å²) in [5, 5.41) is 3.44. The van der Waals surface area contributed by atoms with Gasteiger partial charge in [0.2, 0.25) is 0 Å². The third-order valence-corrected chi connectivity index (χ3v) is 3.03. The summed E-state index contributed by atoms with van der Waals surface area (Å²) in [6.45, 7) is 2.00. The molecule has 0 unspecified atom stereocenters. The molecule has 0 bridgehead atoms. The van der Waals surface area contributed by atoms with Crippen LogP contribution < -0.4 is 5.32 Å². The molecule has 0 saturated heterocycles. The molecule has 0 aromatic heterocycles. The topological polar surface area (TPSA) is 12.0 Å². The molecule has 0 aliphatic carbocycles. The number of aryl methyl sites for hydroxylation is 1. The van der Waals surface area contributed by atoms with E-state index in [0.29, 0.717) is 0 Å². The van der Waals surface area contributed by atoms with Crippen molar-refractivity contribution < 1.29 is 0 Å². The molecule has 0 radical (unpaired) electrons. The van der Waals surface area contributed by atoms with Crippen LogP contribution in [0.15, 0.2) is 66.7 Å². The fourth-order valence-corrected chi connectivity index (χ4v) is 2.01. The zero-order chi connectivity index (χ0) is 13.2. The molecule has 98 valence electrons. The van der Waals surface area contributed by atoms with Crippen molar-refractivity contribution in [1.82, 2.24) is 5.32 Å². The van der Waals surface area contributed by atoms with Gasteiger partial charge in [0, 0.05) is 6.54 Å². The van der Waals surface area contributed by atoms with Crippen molar-refractivity contribution in [3.63, 3.8) is 0 Å². The standard InChI is InChI=1S/C18H21N/c1-3-9-17(10-4-1)13-7-15-19-16-8-14-18-11-5-2-6-12-18/h1-7,9-13,19H,8,14-16H2. The van der Waals surface area contributed by atoms with Gasteiger partial charge in [-0.15, -0.1) is 0 Å². The van der Waals surface area contributed by atoms with Crippen LogP contribution in [0.3, 0.4) is 0 Å². The van der Waals surface area contributed by atoms with E-state index in [2.05, 4.69) is 72.1 Å². The highest BCUT2D eigenvalue weighted by atomic mass is 14.8. The Labute approximate surface area is 116 Å². The smallest absolute Gasteiger partial charge is 0.0138 e. The van der Waals surface area contributed by atoms with Gasteiger partial charge in [-0.05, 0) is 30.5 Å². The quantitative estimate of drug-likeness (QED) is 0.735. The van der Waals surface area contributed by atoms with Crippen LogP contribution in [0.2, 0.25) is 0 Å². The van der Waals surface area contributed by atoms with Gasteiger partial charge in [-0.2, -0.15) is 0 Å². The Balaban J connectivity index is 1.56. The van der Waals surface area contributed by atoms with Crippen LogP contribution in [0.5, 0.6) is 0 Å². The number of nitrogens with one attached hydrogen (secondary N) is 1. The molecule has 1 N–H and O–H groups in total. The maximum absolute atomic E-state index is 3.44. The van der Waals surface area contributed by atoms with Crippen LogP contribution in [0.4, 0.5) is 0 Å². The minimum absolute atomic E-state index is 0.934. The summed E-state index contributed by atoms with van der Waals surface area (Å²) >= 11 is 0. The number of rotatable bonds is 7. The Hall–Kier alpha value is -1.86. The fraction of sp³-hybridized carbons (Fsp3) is 0.222. The van der Waals surface area contributed by atoms with Gasteiger partial charge in [-0.1, -0.05) is 72.8 Å². The third kappa shape index (κ3) is 5.54. The van der Waals surface area contributed by atoms with Crippen molar-refractivity contribution in [3.05, 3.63) is 77.9 Å². The van der Waals surface area contributed by atoms with Gasteiger partial charge < -0.3 is 5.32 Å². The minimum atomic E-state index is 0.934.